The Hall–Kier alpha value is -4.13. The molecule has 3 aromatic rings. The number of nitrogens with zero attached hydrogens (tertiary/aromatic N) is 1. The van der Waals surface area contributed by atoms with Gasteiger partial charge < -0.3 is 19.8 Å². The Bertz CT molecular complexity index is 1220. The van der Waals surface area contributed by atoms with E-state index in [9.17, 15) is 24.6 Å². The molecule has 0 aliphatic heterocycles. The number of anilines is 1. The molecule has 176 valence electrons. The van der Waals surface area contributed by atoms with Crippen molar-refractivity contribution in [2.24, 2.45) is 0 Å². The summed E-state index contributed by atoms with van der Waals surface area (Å²) in [7, 11) is 1.43. The summed E-state index contributed by atoms with van der Waals surface area (Å²) in [5.41, 5.74) is 2.28. The van der Waals surface area contributed by atoms with E-state index in [1.807, 2.05) is 13.0 Å². The summed E-state index contributed by atoms with van der Waals surface area (Å²) in [5.74, 6) is -1.47. The number of hydrogen-bond acceptors (Lipinski definition) is 5. The SMILES string of the molecule is CCCc1c(N(Cc2ccc(C(=O)O)cc2OC)C(=O)c2ccccc2)ccc(C(C)=O)c1O. The number of carboxylic acid groups (broad SMARTS) is 1. The third-order valence-corrected chi connectivity index (χ3v) is 5.56. The Balaban J connectivity index is 2.18. The normalized spacial score (nSPS) is 10.6. The lowest BCUT2D eigenvalue weighted by molar-refractivity contribution is 0.0696. The van der Waals surface area contributed by atoms with Gasteiger partial charge in [0.15, 0.2) is 5.78 Å². The number of carboxylic acids is 1. The molecule has 0 saturated heterocycles. The van der Waals surface area contributed by atoms with Gasteiger partial charge in [-0.2, -0.15) is 0 Å². The number of hydrogen-bond donors (Lipinski definition) is 2. The summed E-state index contributed by atoms with van der Waals surface area (Å²) in [4.78, 5) is 38.6. The molecule has 0 spiro atoms. The lowest BCUT2D eigenvalue weighted by atomic mass is 9.98. The second-order valence-electron chi connectivity index (χ2n) is 7.85. The van der Waals surface area contributed by atoms with Gasteiger partial charge in [0.05, 0.1) is 30.5 Å². The fourth-order valence-electron chi connectivity index (χ4n) is 3.84. The highest BCUT2D eigenvalue weighted by Gasteiger charge is 2.25. The molecule has 0 heterocycles. The van der Waals surface area contributed by atoms with Crippen LogP contribution in [0.5, 0.6) is 11.5 Å². The quantitative estimate of drug-likeness (QED) is 0.430. The zero-order valence-electron chi connectivity index (χ0n) is 19.4. The van der Waals surface area contributed by atoms with Gasteiger partial charge in [0, 0.05) is 16.7 Å². The first-order chi connectivity index (χ1) is 16.3. The Morgan fingerprint density at radius 2 is 1.68 bits per heavy atom. The molecular formula is C27H27NO6. The summed E-state index contributed by atoms with van der Waals surface area (Å²) in [5, 5.41) is 20.2. The van der Waals surface area contributed by atoms with Crippen LogP contribution in [-0.2, 0) is 13.0 Å². The van der Waals surface area contributed by atoms with E-state index in [4.69, 9.17) is 4.74 Å². The van der Waals surface area contributed by atoms with Gasteiger partial charge in [-0.15, -0.1) is 0 Å². The lowest BCUT2D eigenvalue weighted by Gasteiger charge is -2.27. The number of carbonyl (C=O) groups excluding carboxylic acids is 2. The van der Waals surface area contributed by atoms with Gasteiger partial charge in [0.1, 0.15) is 11.5 Å². The molecule has 0 unspecified atom stereocenters. The van der Waals surface area contributed by atoms with Crippen LogP contribution in [0, 0.1) is 0 Å². The summed E-state index contributed by atoms with van der Waals surface area (Å²) in [6.45, 7) is 3.39. The highest BCUT2D eigenvalue weighted by Crippen LogP contribution is 2.36. The molecule has 34 heavy (non-hydrogen) atoms. The largest absolute Gasteiger partial charge is 0.507 e. The third-order valence-electron chi connectivity index (χ3n) is 5.56. The van der Waals surface area contributed by atoms with E-state index in [0.29, 0.717) is 41.0 Å². The van der Waals surface area contributed by atoms with Crippen molar-refractivity contribution in [1.29, 1.82) is 0 Å². The van der Waals surface area contributed by atoms with Gasteiger partial charge in [-0.05, 0) is 49.7 Å². The fourth-order valence-corrected chi connectivity index (χ4v) is 3.84. The van der Waals surface area contributed by atoms with Crippen molar-refractivity contribution < 1.29 is 29.3 Å². The summed E-state index contributed by atoms with van der Waals surface area (Å²) < 4.78 is 5.42. The average Bonchev–Trinajstić information content (AvgIpc) is 2.83. The maximum Gasteiger partial charge on any atom is 0.335 e. The first-order valence-electron chi connectivity index (χ1n) is 10.9. The predicted octanol–water partition coefficient (Wildman–Crippen LogP) is 5.10. The van der Waals surface area contributed by atoms with E-state index in [0.717, 1.165) is 0 Å². The minimum atomic E-state index is -1.09. The second-order valence-corrected chi connectivity index (χ2v) is 7.85. The van der Waals surface area contributed by atoms with Crippen LogP contribution in [0.25, 0.3) is 0 Å². The van der Waals surface area contributed by atoms with Crippen LogP contribution in [0.1, 0.15) is 62.5 Å². The summed E-state index contributed by atoms with van der Waals surface area (Å²) in [6, 6.07) is 16.4. The minimum absolute atomic E-state index is 0.0619. The minimum Gasteiger partial charge on any atom is -0.507 e. The molecule has 3 aromatic carbocycles. The Morgan fingerprint density at radius 3 is 2.26 bits per heavy atom. The van der Waals surface area contributed by atoms with E-state index in [-0.39, 0.29) is 35.1 Å². The van der Waals surface area contributed by atoms with E-state index >= 15 is 0 Å². The maximum atomic E-state index is 13.7. The van der Waals surface area contributed by atoms with Crippen molar-refractivity contribution in [3.8, 4) is 11.5 Å². The number of methoxy groups -OCH3 is 1. The molecule has 3 rings (SSSR count). The maximum absolute atomic E-state index is 13.7. The average molecular weight is 462 g/mol. The van der Waals surface area contributed by atoms with Gasteiger partial charge in [0.2, 0.25) is 0 Å². The molecule has 2 N–H and O–H groups in total. The van der Waals surface area contributed by atoms with Gasteiger partial charge in [-0.1, -0.05) is 37.6 Å². The number of phenolic OH excluding ortho intramolecular Hbond substituents is 1. The number of carbonyl (C=O) groups is 3. The highest BCUT2D eigenvalue weighted by atomic mass is 16.5. The molecule has 0 aliphatic rings. The monoisotopic (exact) mass is 461 g/mol. The standard InChI is InChI=1S/C27H27NO6/c1-4-8-22-23(14-13-21(17(2)29)25(22)30)28(26(31)18-9-6-5-7-10-18)16-20-12-11-19(27(32)33)15-24(20)34-3/h5-7,9-15,30H,4,8,16H2,1-3H3,(H,32,33). The number of ether oxygens (including phenoxy) is 1. The van der Waals surface area contributed by atoms with Crippen molar-refractivity contribution >= 4 is 23.3 Å². The first kappa shape index (κ1) is 24.5. The topological polar surface area (TPSA) is 104 Å². The molecule has 0 radical (unpaired) electrons. The zero-order valence-corrected chi connectivity index (χ0v) is 19.4. The number of aromatic hydroxyl groups is 1. The van der Waals surface area contributed by atoms with E-state index in [2.05, 4.69) is 0 Å². The Kier molecular flexibility index (Phi) is 7.68. The van der Waals surface area contributed by atoms with Crippen molar-refractivity contribution in [2.45, 2.75) is 33.2 Å². The lowest BCUT2D eigenvalue weighted by Crippen LogP contribution is -2.31. The number of amides is 1. The number of ketones is 1. The van der Waals surface area contributed by atoms with Crippen LogP contribution in [-0.4, -0.2) is 35.0 Å². The van der Waals surface area contributed by atoms with Gasteiger partial charge in [-0.3, -0.25) is 9.59 Å². The molecule has 0 aliphatic carbocycles. The van der Waals surface area contributed by atoms with Gasteiger partial charge in [-0.25, -0.2) is 4.79 Å². The molecule has 1 amide bonds. The summed E-state index contributed by atoms with van der Waals surface area (Å²) in [6.07, 6.45) is 1.14. The van der Waals surface area contributed by atoms with Crippen LogP contribution < -0.4 is 9.64 Å². The van der Waals surface area contributed by atoms with E-state index in [1.165, 1.54) is 37.1 Å². The zero-order chi connectivity index (χ0) is 24.8. The molecule has 0 saturated carbocycles. The molecule has 0 aromatic heterocycles. The molecule has 7 heteroatoms. The van der Waals surface area contributed by atoms with Crippen molar-refractivity contribution in [3.05, 3.63) is 88.5 Å². The number of benzene rings is 3. The molecule has 7 nitrogen and oxygen atoms in total. The van der Waals surface area contributed by atoms with Crippen molar-refractivity contribution in [3.63, 3.8) is 0 Å². The number of phenols is 1. The Labute approximate surface area is 198 Å². The highest BCUT2D eigenvalue weighted by molar-refractivity contribution is 6.07. The van der Waals surface area contributed by atoms with Crippen molar-refractivity contribution in [2.75, 3.05) is 12.0 Å². The van der Waals surface area contributed by atoms with E-state index in [1.54, 1.807) is 36.4 Å². The van der Waals surface area contributed by atoms with E-state index < -0.39 is 5.97 Å². The number of rotatable bonds is 9. The second kappa shape index (κ2) is 10.7. The van der Waals surface area contributed by atoms with Crippen LogP contribution in [0.4, 0.5) is 5.69 Å². The van der Waals surface area contributed by atoms with Gasteiger partial charge in [0.25, 0.3) is 5.91 Å². The molecule has 0 fully saturated rings. The Morgan fingerprint density at radius 1 is 0.971 bits per heavy atom. The number of aromatic carboxylic acids is 1. The van der Waals surface area contributed by atoms with Crippen LogP contribution in [0.3, 0.4) is 0 Å². The van der Waals surface area contributed by atoms with Crippen LogP contribution >= 0.6 is 0 Å². The summed E-state index contributed by atoms with van der Waals surface area (Å²) >= 11 is 0. The molecular weight excluding hydrogens is 434 g/mol. The molecule has 0 bridgehead atoms. The molecule has 0 atom stereocenters. The smallest absolute Gasteiger partial charge is 0.335 e. The number of Topliss-reactive ketones (excluding diaryl/α,β-unsaturated/α-hetero) is 1. The first-order valence-corrected chi connectivity index (χ1v) is 10.9. The van der Waals surface area contributed by atoms with Crippen LogP contribution in [0.2, 0.25) is 0 Å². The fraction of sp³-hybridized carbons (Fsp3) is 0.222. The van der Waals surface area contributed by atoms with Crippen molar-refractivity contribution in [1.82, 2.24) is 0 Å². The van der Waals surface area contributed by atoms with Crippen LogP contribution in [0.15, 0.2) is 60.7 Å². The predicted molar refractivity (Wildman–Crippen MR) is 129 cm³/mol. The third kappa shape index (κ3) is 5.09. The van der Waals surface area contributed by atoms with Gasteiger partial charge >= 0.3 is 5.97 Å².